The monoisotopic (exact) mass is 311 g/mol. The van der Waals surface area contributed by atoms with Gasteiger partial charge in [0.05, 0.1) is 5.69 Å². The Labute approximate surface area is 132 Å². The molecule has 1 aromatic heterocycles. The van der Waals surface area contributed by atoms with Crippen molar-refractivity contribution >= 4 is 16.5 Å². The second-order valence-corrected chi connectivity index (χ2v) is 7.24. The van der Waals surface area contributed by atoms with E-state index in [9.17, 15) is 0 Å². The molecule has 2 rings (SSSR count). The van der Waals surface area contributed by atoms with Gasteiger partial charge in [0.2, 0.25) is 0 Å². The van der Waals surface area contributed by atoms with E-state index in [0.29, 0.717) is 5.92 Å². The van der Waals surface area contributed by atoms with Gasteiger partial charge in [-0.1, -0.05) is 20.8 Å². The third-order valence-corrected chi connectivity index (χ3v) is 5.18. The van der Waals surface area contributed by atoms with Gasteiger partial charge >= 0.3 is 0 Å². The quantitative estimate of drug-likeness (QED) is 0.839. The van der Waals surface area contributed by atoms with E-state index >= 15 is 0 Å². The summed E-state index contributed by atoms with van der Waals surface area (Å²) in [5, 5.41) is 4.59. The maximum absolute atomic E-state index is 5.45. The summed E-state index contributed by atoms with van der Waals surface area (Å²) < 4.78 is 5.45. The summed E-state index contributed by atoms with van der Waals surface area (Å²) in [5.74, 6) is 1.23. The Morgan fingerprint density at radius 3 is 2.71 bits per heavy atom. The zero-order chi connectivity index (χ0) is 15.2. The van der Waals surface area contributed by atoms with Gasteiger partial charge in [-0.25, -0.2) is 4.98 Å². The molecule has 0 spiro atoms. The molecule has 5 heteroatoms. The highest BCUT2D eigenvalue weighted by atomic mass is 32.1. The molecule has 0 aromatic carbocycles. The van der Waals surface area contributed by atoms with Crippen LogP contribution < -0.4 is 10.2 Å². The molecule has 1 aromatic rings. The lowest BCUT2D eigenvalue weighted by atomic mass is 10.0. The minimum absolute atomic E-state index is 0.486. The summed E-state index contributed by atoms with van der Waals surface area (Å²) in [7, 11) is 2.18. The van der Waals surface area contributed by atoms with Gasteiger partial charge in [0.1, 0.15) is 0 Å². The molecule has 4 nitrogen and oxygen atoms in total. The largest absolute Gasteiger partial charge is 0.381 e. The first-order chi connectivity index (χ1) is 10.1. The van der Waals surface area contributed by atoms with Crippen molar-refractivity contribution in [2.24, 2.45) is 5.92 Å². The highest BCUT2D eigenvalue weighted by molar-refractivity contribution is 7.15. The molecule has 1 N–H and O–H groups in total. The van der Waals surface area contributed by atoms with Gasteiger partial charge in [0.15, 0.2) is 5.13 Å². The molecule has 0 saturated carbocycles. The Hall–Kier alpha value is -0.650. The Morgan fingerprint density at radius 1 is 1.38 bits per heavy atom. The van der Waals surface area contributed by atoms with E-state index in [2.05, 4.69) is 38.0 Å². The standard InChI is InChI=1S/C16H29N3OS/c1-5-17-10-14-15(12(2)3)18-16(21-14)19(4)11-13-6-8-20-9-7-13/h12-13,17H,5-11H2,1-4H3. The van der Waals surface area contributed by atoms with Crippen molar-refractivity contribution in [3.8, 4) is 0 Å². The maximum Gasteiger partial charge on any atom is 0.185 e. The van der Waals surface area contributed by atoms with E-state index < -0.39 is 0 Å². The number of hydrogen-bond donors (Lipinski definition) is 1. The van der Waals surface area contributed by atoms with Crippen molar-refractivity contribution in [2.45, 2.75) is 46.1 Å². The second kappa shape index (κ2) is 8.11. The molecule has 1 aliphatic heterocycles. The molecule has 1 aliphatic rings. The van der Waals surface area contributed by atoms with Crippen LogP contribution in [0.3, 0.4) is 0 Å². The van der Waals surface area contributed by atoms with Crippen LogP contribution in [0.1, 0.15) is 50.1 Å². The van der Waals surface area contributed by atoms with Crippen LogP contribution in [0, 0.1) is 5.92 Å². The Morgan fingerprint density at radius 2 is 2.10 bits per heavy atom. The van der Waals surface area contributed by atoms with Crippen molar-refractivity contribution in [2.75, 3.05) is 38.3 Å². The number of nitrogens with zero attached hydrogens (tertiary/aromatic N) is 2. The summed E-state index contributed by atoms with van der Waals surface area (Å²) in [6.45, 7) is 11.5. The highest BCUT2D eigenvalue weighted by Crippen LogP contribution is 2.31. The molecule has 0 bridgehead atoms. The van der Waals surface area contributed by atoms with Crippen LogP contribution in [0.25, 0.3) is 0 Å². The van der Waals surface area contributed by atoms with Crippen molar-refractivity contribution in [3.63, 3.8) is 0 Å². The topological polar surface area (TPSA) is 37.4 Å². The molecule has 2 heterocycles. The Balaban J connectivity index is 2.03. The summed E-state index contributed by atoms with van der Waals surface area (Å²) in [6.07, 6.45) is 2.36. The SMILES string of the molecule is CCNCc1sc(N(C)CC2CCOCC2)nc1C(C)C. The van der Waals surface area contributed by atoms with Crippen LogP contribution in [0.5, 0.6) is 0 Å². The Bertz CT molecular complexity index is 427. The molecule has 0 unspecified atom stereocenters. The average molecular weight is 311 g/mol. The van der Waals surface area contributed by atoms with Gasteiger partial charge in [0, 0.05) is 38.2 Å². The van der Waals surface area contributed by atoms with E-state index in [1.54, 1.807) is 0 Å². The van der Waals surface area contributed by atoms with Crippen molar-refractivity contribution in [1.29, 1.82) is 0 Å². The minimum atomic E-state index is 0.486. The van der Waals surface area contributed by atoms with Crippen LogP contribution in [0.15, 0.2) is 0 Å². The van der Waals surface area contributed by atoms with Crippen LogP contribution in [-0.2, 0) is 11.3 Å². The van der Waals surface area contributed by atoms with Crippen LogP contribution >= 0.6 is 11.3 Å². The molecule has 0 radical (unpaired) electrons. The molecule has 21 heavy (non-hydrogen) atoms. The van der Waals surface area contributed by atoms with Gasteiger partial charge in [-0.05, 0) is 31.2 Å². The van der Waals surface area contributed by atoms with Crippen molar-refractivity contribution in [1.82, 2.24) is 10.3 Å². The van der Waals surface area contributed by atoms with Gasteiger partial charge in [-0.3, -0.25) is 0 Å². The summed E-state index contributed by atoms with van der Waals surface area (Å²) in [5.41, 5.74) is 1.26. The van der Waals surface area contributed by atoms with E-state index in [0.717, 1.165) is 43.9 Å². The average Bonchev–Trinajstić information content (AvgIpc) is 2.90. The number of nitrogens with one attached hydrogen (secondary N) is 1. The van der Waals surface area contributed by atoms with E-state index in [4.69, 9.17) is 9.72 Å². The molecular formula is C16H29N3OS. The first kappa shape index (κ1) is 16.7. The Kier molecular flexibility index (Phi) is 6.45. The molecule has 120 valence electrons. The lowest BCUT2D eigenvalue weighted by Crippen LogP contribution is -2.29. The third-order valence-electron chi connectivity index (χ3n) is 4.00. The molecule has 1 saturated heterocycles. The predicted octanol–water partition coefficient (Wildman–Crippen LogP) is 3.24. The first-order valence-electron chi connectivity index (χ1n) is 8.11. The maximum atomic E-state index is 5.45. The number of hydrogen-bond acceptors (Lipinski definition) is 5. The lowest BCUT2D eigenvalue weighted by molar-refractivity contribution is 0.0685. The number of thiazole rings is 1. The molecule has 0 amide bonds. The zero-order valence-electron chi connectivity index (χ0n) is 13.8. The first-order valence-corrected chi connectivity index (χ1v) is 8.92. The highest BCUT2D eigenvalue weighted by Gasteiger charge is 2.20. The fraction of sp³-hybridized carbons (Fsp3) is 0.812. The molecule has 1 fully saturated rings. The van der Waals surface area contributed by atoms with Gasteiger partial charge in [-0.2, -0.15) is 0 Å². The number of anilines is 1. The number of ether oxygens (including phenoxy) is 1. The molecule has 0 aliphatic carbocycles. The zero-order valence-corrected chi connectivity index (χ0v) is 14.6. The fourth-order valence-corrected chi connectivity index (χ4v) is 3.88. The predicted molar refractivity (Wildman–Crippen MR) is 90.4 cm³/mol. The van der Waals surface area contributed by atoms with Gasteiger partial charge in [0.25, 0.3) is 0 Å². The van der Waals surface area contributed by atoms with E-state index in [1.807, 2.05) is 11.3 Å². The van der Waals surface area contributed by atoms with Crippen molar-refractivity contribution < 1.29 is 4.74 Å². The molecular weight excluding hydrogens is 282 g/mol. The van der Waals surface area contributed by atoms with Crippen LogP contribution in [-0.4, -0.2) is 38.3 Å². The summed E-state index contributed by atoms with van der Waals surface area (Å²) >= 11 is 1.85. The van der Waals surface area contributed by atoms with Crippen LogP contribution in [0.2, 0.25) is 0 Å². The smallest absolute Gasteiger partial charge is 0.185 e. The minimum Gasteiger partial charge on any atom is -0.381 e. The molecule has 0 atom stereocenters. The number of aromatic nitrogens is 1. The summed E-state index contributed by atoms with van der Waals surface area (Å²) in [4.78, 5) is 8.63. The normalized spacial score (nSPS) is 16.6. The lowest BCUT2D eigenvalue weighted by Gasteiger charge is -2.26. The van der Waals surface area contributed by atoms with E-state index in [1.165, 1.54) is 23.4 Å². The third kappa shape index (κ3) is 4.66. The second-order valence-electron chi connectivity index (χ2n) is 6.18. The van der Waals surface area contributed by atoms with Crippen LogP contribution in [0.4, 0.5) is 5.13 Å². The fourth-order valence-electron chi connectivity index (χ4n) is 2.72. The van der Waals surface area contributed by atoms with Crippen molar-refractivity contribution in [3.05, 3.63) is 10.6 Å². The number of rotatable bonds is 7. The van der Waals surface area contributed by atoms with Gasteiger partial charge in [-0.15, -0.1) is 11.3 Å². The van der Waals surface area contributed by atoms with Gasteiger partial charge < -0.3 is 15.0 Å². The van der Waals surface area contributed by atoms with E-state index in [-0.39, 0.29) is 0 Å². The summed E-state index contributed by atoms with van der Waals surface area (Å²) in [6, 6.07) is 0.